The van der Waals surface area contributed by atoms with Crippen LogP contribution >= 0.6 is 0 Å². The largest absolute Gasteiger partial charge is 0.492 e. The maximum atomic E-state index is 12.7. The van der Waals surface area contributed by atoms with Gasteiger partial charge in [-0.2, -0.15) is 0 Å². The van der Waals surface area contributed by atoms with Crippen LogP contribution in [0.25, 0.3) is 0 Å². The molecule has 2 aromatic carbocycles. The summed E-state index contributed by atoms with van der Waals surface area (Å²) in [4.78, 5) is 29.9. The predicted molar refractivity (Wildman–Crippen MR) is 131 cm³/mol. The molecule has 2 heterocycles. The molecular weight excluding hydrogens is 416 g/mol. The van der Waals surface area contributed by atoms with Gasteiger partial charge in [-0.1, -0.05) is 24.3 Å². The zero-order valence-electron chi connectivity index (χ0n) is 19.6. The Kier molecular flexibility index (Phi) is 7.50. The molecule has 0 spiro atoms. The Hall–Kier alpha value is -3.06. The minimum Gasteiger partial charge on any atom is -0.492 e. The standard InChI is InChI=1S/C26H34N4O3/c1-3-33-24-11-5-4-10-21(24)28-26(32)25(31)27-18-23(30-15-6-7-16-30)20-12-13-22-19(17-20)9-8-14-29(22)2/h4-5,10-13,17,23H,3,6-9,14-16,18H2,1-2H3,(H,27,31)(H,28,32). The first-order valence-electron chi connectivity index (χ1n) is 12.0. The van der Waals surface area contributed by atoms with Gasteiger partial charge in [0, 0.05) is 25.8 Å². The van der Waals surface area contributed by atoms with E-state index in [9.17, 15) is 9.59 Å². The Bertz CT molecular complexity index is 987. The molecule has 1 saturated heterocycles. The summed E-state index contributed by atoms with van der Waals surface area (Å²) >= 11 is 0. The van der Waals surface area contributed by atoms with Crippen LogP contribution in [0.1, 0.15) is 43.4 Å². The highest BCUT2D eigenvalue weighted by Gasteiger charge is 2.26. The minimum atomic E-state index is -0.686. The molecule has 2 aliphatic rings. The van der Waals surface area contributed by atoms with Crippen LogP contribution in [0.3, 0.4) is 0 Å². The van der Waals surface area contributed by atoms with E-state index >= 15 is 0 Å². The molecule has 0 saturated carbocycles. The van der Waals surface area contributed by atoms with E-state index in [1.54, 1.807) is 18.2 Å². The fourth-order valence-corrected chi connectivity index (χ4v) is 4.82. The summed E-state index contributed by atoms with van der Waals surface area (Å²) in [5, 5.41) is 5.55. The van der Waals surface area contributed by atoms with Crippen molar-refractivity contribution in [1.29, 1.82) is 0 Å². The molecule has 7 nitrogen and oxygen atoms in total. The second kappa shape index (κ2) is 10.7. The number of para-hydroxylation sites is 2. The Morgan fingerprint density at radius 3 is 2.61 bits per heavy atom. The van der Waals surface area contributed by atoms with Gasteiger partial charge >= 0.3 is 11.8 Å². The average Bonchev–Trinajstić information content (AvgIpc) is 3.35. The molecule has 4 rings (SSSR count). The van der Waals surface area contributed by atoms with E-state index in [2.05, 4.69) is 45.7 Å². The first-order valence-corrected chi connectivity index (χ1v) is 12.0. The highest BCUT2D eigenvalue weighted by atomic mass is 16.5. The lowest BCUT2D eigenvalue weighted by molar-refractivity contribution is -0.136. The fraction of sp³-hybridized carbons (Fsp3) is 0.462. The zero-order chi connectivity index (χ0) is 23.2. The van der Waals surface area contributed by atoms with E-state index in [0.717, 1.165) is 45.3 Å². The lowest BCUT2D eigenvalue weighted by Crippen LogP contribution is -2.41. The Morgan fingerprint density at radius 2 is 1.82 bits per heavy atom. The topological polar surface area (TPSA) is 73.9 Å². The molecule has 0 bridgehead atoms. The van der Waals surface area contributed by atoms with Crippen molar-refractivity contribution in [3.8, 4) is 5.75 Å². The number of carbonyl (C=O) groups excluding carboxylic acids is 2. The van der Waals surface area contributed by atoms with Gasteiger partial charge in [0.1, 0.15) is 5.75 Å². The van der Waals surface area contributed by atoms with Crippen molar-refractivity contribution in [3.63, 3.8) is 0 Å². The summed E-state index contributed by atoms with van der Waals surface area (Å²) in [7, 11) is 2.14. The van der Waals surface area contributed by atoms with Crippen LogP contribution in [0.4, 0.5) is 11.4 Å². The monoisotopic (exact) mass is 450 g/mol. The fourth-order valence-electron chi connectivity index (χ4n) is 4.82. The van der Waals surface area contributed by atoms with Crippen LogP contribution in [0.15, 0.2) is 42.5 Å². The normalized spacial score (nSPS) is 16.7. The van der Waals surface area contributed by atoms with Gasteiger partial charge < -0.3 is 20.3 Å². The van der Waals surface area contributed by atoms with E-state index in [-0.39, 0.29) is 6.04 Å². The maximum absolute atomic E-state index is 12.7. The van der Waals surface area contributed by atoms with Crippen molar-refractivity contribution in [2.75, 3.05) is 50.1 Å². The summed E-state index contributed by atoms with van der Waals surface area (Å²) < 4.78 is 5.54. The second-order valence-electron chi connectivity index (χ2n) is 8.77. The second-order valence-corrected chi connectivity index (χ2v) is 8.77. The van der Waals surface area contributed by atoms with Gasteiger partial charge in [0.25, 0.3) is 0 Å². The molecule has 2 amide bonds. The molecule has 0 radical (unpaired) electrons. The summed E-state index contributed by atoms with van der Waals surface area (Å²) in [6.45, 7) is 5.85. The summed E-state index contributed by atoms with van der Waals surface area (Å²) in [6, 6.07) is 13.8. The van der Waals surface area contributed by atoms with Crippen LogP contribution in [0.2, 0.25) is 0 Å². The summed E-state index contributed by atoms with van der Waals surface area (Å²) in [5.74, 6) is -0.771. The molecule has 1 fully saturated rings. The molecule has 1 atom stereocenters. The number of likely N-dealkylation sites (tertiary alicyclic amines) is 1. The molecule has 0 aliphatic carbocycles. The number of ether oxygens (including phenoxy) is 1. The van der Waals surface area contributed by atoms with Crippen molar-refractivity contribution < 1.29 is 14.3 Å². The Labute approximate surface area is 196 Å². The molecule has 176 valence electrons. The van der Waals surface area contributed by atoms with Crippen LogP contribution < -0.4 is 20.3 Å². The van der Waals surface area contributed by atoms with Gasteiger partial charge in [-0.15, -0.1) is 0 Å². The average molecular weight is 451 g/mol. The van der Waals surface area contributed by atoms with Gasteiger partial charge in [-0.05, 0) is 75.0 Å². The van der Waals surface area contributed by atoms with Gasteiger partial charge in [0.15, 0.2) is 0 Å². The minimum absolute atomic E-state index is 0.0532. The van der Waals surface area contributed by atoms with Crippen LogP contribution in [-0.4, -0.2) is 56.5 Å². The number of anilines is 2. The van der Waals surface area contributed by atoms with Gasteiger partial charge in [0.05, 0.1) is 18.3 Å². The number of carbonyl (C=O) groups is 2. The predicted octanol–water partition coefficient (Wildman–Crippen LogP) is 3.36. The van der Waals surface area contributed by atoms with Gasteiger partial charge in [-0.25, -0.2) is 0 Å². The van der Waals surface area contributed by atoms with Crippen molar-refractivity contribution >= 4 is 23.2 Å². The van der Waals surface area contributed by atoms with Crippen molar-refractivity contribution in [2.45, 2.75) is 38.6 Å². The Morgan fingerprint density at radius 1 is 1.03 bits per heavy atom. The van der Waals surface area contributed by atoms with Crippen molar-refractivity contribution in [2.24, 2.45) is 0 Å². The third kappa shape index (κ3) is 5.47. The smallest absolute Gasteiger partial charge is 0.313 e. The van der Waals surface area contributed by atoms with E-state index in [0.29, 0.717) is 24.6 Å². The molecule has 1 unspecified atom stereocenters. The number of hydrogen-bond donors (Lipinski definition) is 2. The third-order valence-electron chi connectivity index (χ3n) is 6.52. The van der Waals surface area contributed by atoms with Crippen molar-refractivity contribution in [3.05, 3.63) is 53.6 Å². The number of nitrogens with zero attached hydrogens (tertiary/aromatic N) is 2. The van der Waals surface area contributed by atoms with Crippen LogP contribution in [-0.2, 0) is 16.0 Å². The molecule has 2 aromatic rings. The zero-order valence-corrected chi connectivity index (χ0v) is 19.6. The number of fused-ring (bicyclic) bond motifs is 1. The van der Waals surface area contributed by atoms with Crippen LogP contribution in [0.5, 0.6) is 5.75 Å². The van der Waals surface area contributed by atoms with E-state index in [4.69, 9.17) is 4.74 Å². The Balaban J connectivity index is 1.44. The van der Waals surface area contributed by atoms with E-state index in [1.807, 2.05) is 13.0 Å². The lowest BCUT2D eigenvalue weighted by atomic mass is 9.96. The highest BCUT2D eigenvalue weighted by molar-refractivity contribution is 6.39. The van der Waals surface area contributed by atoms with E-state index in [1.165, 1.54) is 16.8 Å². The first kappa shape index (κ1) is 23.1. The first-order chi connectivity index (χ1) is 16.1. The number of hydrogen-bond acceptors (Lipinski definition) is 5. The number of benzene rings is 2. The molecule has 33 heavy (non-hydrogen) atoms. The molecule has 2 aliphatic heterocycles. The molecular formula is C26H34N4O3. The SMILES string of the molecule is CCOc1ccccc1NC(=O)C(=O)NCC(c1ccc2c(c1)CCCN2C)N1CCCC1. The van der Waals surface area contributed by atoms with Crippen LogP contribution in [0, 0.1) is 0 Å². The molecule has 0 aromatic heterocycles. The highest BCUT2D eigenvalue weighted by Crippen LogP contribution is 2.32. The number of nitrogens with one attached hydrogen (secondary N) is 2. The van der Waals surface area contributed by atoms with Gasteiger partial charge in [-0.3, -0.25) is 14.5 Å². The van der Waals surface area contributed by atoms with E-state index < -0.39 is 11.8 Å². The quantitative estimate of drug-likeness (QED) is 0.633. The lowest BCUT2D eigenvalue weighted by Gasteiger charge is -2.31. The number of aryl methyl sites for hydroxylation is 1. The number of rotatable bonds is 7. The third-order valence-corrected chi connectivity index (χ3v) is 6.52. The summed E-state index contributed by atoms with van der Waals surface area (Å²) in [5.41, 5.74) is 4.35. The van der Waals surface area contributed by atoms with Gasteiger partial charge in [0.2, 0.25) is 0 Å². The molecule has 2 N–H and O–H groups in total. The molecule has 7 heteroatoms. The van der Waals surface area contributed by atoms with Crippen molar-refractivity contribution in [1.82, 2.24) is 10.2 Å². The number of amides is 2. The summed E-state index contributed by atoms with van der Waals surface area (Å²) in [6.07, 6.45) is 4.55. The maximum Gasteiger partial charge on any atom is 0.313 e.